The number of carbonyl (C=O) groups is 1. The topological polar surface area (TPSA) is 74.8 Å². The normalized spacial score (nSPS) is 20.0. The molecular formula is C22H36N4O2. The fraction of sp³-hybridized carbons (Fsp3) is 0.636. The lowest BCUT2D eigenvalue weighted by Gasteiger charge is -2.32. The zero-order valence-corrected chi connectivity index (χ0v) is 18.0. The number of anilines is 1. The molecule has 0 radical (unpaired) electrons. The van der Waals surface area contributed by atoms with E-state index in [2.05, 4.69) is 36.7 Å². The van der Waals surface area contributed by atoms with Crippen LogP contribution >= 0.6 is 0 Å². The maximum Gasteiger partial charge on any atom is 0.221 e. The van der Waals surface area contributed by atoms with Crippen molar-refractivity contribution >= 4 is 17.6 Å². The number of amides is 1. The molecule has 1 aromatic carbocycles. The summed E-state index contributed by atoms with van der Waals surface area (Å²) < 4.78 is 5.32. The molecule has 6 heteroatoms. The lowest BCUT2D eigenvalue weighted by Crippen LogP contribution is -2.45. The number of benzene rings is 1. The summed E-state index contributed by atoms with van der Waals surface area (Å²) in [5.74, 6) is 3.01. The summed E-state index contributed by atoms with van der Waals surface area (Å²) in [4.78, 5) is 16.2. The van der Waals surface area contributed by atoms with Crippen LogP contribution in [0.5, 0.6) is 5.75 Å². The number of ether oxygens (including phenoxy) is 1. The second kappa shape index (κ2) is 10.9. The van der Waals surface area contributed by atoms with Gasteiger partial charge >= 0.3 is 0 Å². The Morgan fingerprint density at radius 1 is 1.25 bits per heavy atom. The van der Waals surface area contributed by atoms with Gasteiger partial charge in [-0.25, -0.2) is 4.99 Å². The minimum absolute atomic E-state index is 0.119. The van der Waals surface area contributed by atoms with Gasteiger partial charge in [0.1, 0.15) is 5.75 Å². The van der Waals surface area contributed by atoms with E-state index in [1.54, 1.807) is 7.11 Å². The zero-order valence-electron chi connectivity index (χ0n) is 18.0. The minimum Gasteiger partial charge on any atom is -0.495 e. The maximum atomic E-state index is 11.4. The van der Waals surface area contributed by atoms with Crippen molar-refractivity contribution in [2.45, 2.75) is 66.0 Å². The van der Waals surface area contributed by atoms with Crippen molar-refractivity contribution in [2.24, 2.45) is 16.8 Å². The van der Waals surface area contributed by atoms with E-state index in [0.29, 0.717) is 24.0 Å². The van der Waals surface area contributed by atoms with Crippen molar-refractivity contribution in [1.29, 1.82) is 0 Å². The number of hydrogen-bond acceptors (Lipinski definition) is 3. The van der Waals surface area contributed by atoms with Crippen LogP contribution in [0, 0.1) is 11.8 Å². The van der Waals surface area contributed by atoms with Crippen LogP contribution in [0.1, 0.15) is 58.9 Å². The number of nitrogens with one attached hydrogen (secondary N) is 3. The van der Waals surface area contributed by atoms with Crippen molar-refractivity contribution in [3.8, 4) is 5.75 Å². The number of rotatable bonds is 7. The highest BCUT2D eigenvalue weighted by molar-refractivity contribution is 5.90. The van der Waals surface area contributed by atoms with E-state index in [9.17, 15) is 4.79 Å². The molecule has 1 aromatic rings. The predicted molar refractivity (Wildman–Crippen MR) is 116 cm³/mol. The monoisotopic (exact) mass is 388 g/mol. The van der Waals surface area contributed by atoms with Gasteiger partial charge < -0.3 is 20.7 Å². The summed E-state index contributed by atoms with van der Waals surface area (Å²) in [6, 6.07) is 6.24. The fourth-order valence-electron chi connectivity index (χ4n) is 3.75. The summed E-state index contributed by atoms with van der Waals surface area (Å²) in [5, 5.41) is 9.76. The molecule has 28 heavy (non-hydrogen) atoms. The van der Waals surface area contributed by atoms with Crippen LogP contribution in [-0.4, -0.2) is 31.6 Å². The van der Waals surface area contributed by atoms with E-state index >= 15 is 0 Å². The summed E-state index contributed by atoms with van der Waals surface area (Å²) in [6.07, 6.45) is 4.96. The van der Waals surface area contributed by atoms with Gasteiger partial charge in [-0.1, -0.05) is 19.9 Å². The van der Waals surface area contributed by atoms with Gasteiger partial charge in [0.15, 0.2) is 5.96 Å². The van der Waals surface area contributed by atoms with Crippen LogP contribution in [0.4, 0.5) is 5.69 Å². The smallest absolute Gasteiger partial charge is 0.221 e. The van der Waals surface area contributed by atoms with Crippen molar-refractivity contribution in [3.05, 3.63) is 23.8 Å². The van der Waals surface area contributed by atoms with Crippen molar-refractivity contribution < 1.29 is 9.53 Å². The van der Waals surface area contributed by atoms with E-state index in [0.717, 1.165) is 29.9 Å². The molecule has 0 bridgehead atoms. The van der Waals surface area contributed by atoms with Gasteiger partial charge in [-0.2, -0.15) is 0 Å². The molecule has 0 unspecified atom stereocenters. The number of nitrogens with zero attached hydrogens (tertiary/aromatic N) is 1. The van der Waals surface area contributed by atoms with E-state index in [4.69, 9.17) is 9.73 Å². The highest BCUT2D eigenvalue weighted by Crippen LogP contribution is 2.30. The number of hydrogen-bond donors (Lipinski definition) is 3. The molecule has 1 saturated carbocycles. The molecule has 3 N–H and O–H groups in total. The van der Waals surface area contributed by atoms with Crippen LogP contribution in [0.15, 0.2) is 23.2 Å². The molecule has 6 nitrogen and oxygen atoms in total. The van der Waals surface area contributed by atoms with Gasteiger partial charge in [0.05, 0.1) is 19.3 Å². The Morgan fingerprint density at radius 2 is 1.96 bits per heavy atom. The molecule has 1 fully saturated rings. The number of methoxy groups -OCH3 is 1. The third kappa shape index (κ3) is 6.73. The summed E-state index contributed by atoms with van der Waals surface area (Å²) in [5.41, 5.74) is 1.69. The van der Waals surface area contributed by atoms with E-state index in [1.165, 1.54) is 32.6 Å². The molecule has 0 atom stereocenters. The average Bonchev–Trinajstić information content (AvgIpc) is 2.66. The van der Waals surface area contributed by atoms with Crippen molar-refractivity contribution in [3.63, 3.8) is 0 Å². The SMILES string of the molecule is CCNC(=NCc1ccc(OC)c(NC(C)=O)c1)NC1CCC(C(C)C)CC1. The predicted octanol–water partition coefficient (Wildman–Crippen LogP) is 3.92. The standard InChI is InChI=1S/C22H36N4O2/c1-6-23-22(26-19-10-8-18(9-11-19)15(2)3)24-14-17-7-12-21(28-5)20(13-17)25-16(4)27/h7,12-13,15,18-19H,6,8-11,14H2,1-5H3,(H,25,27)(H2,23,24,26). The number of aliphatic imine (C=N–C) groups is 1. The summed E-state index contributed by atoms with van der Waals surface area (Å²) in [6.45, 7) is 9.59. The average molecular weight is 389 g/mol. The molecule has 0 aliphatic heterocycles. The molecule has 1 aliphatic rings. The Hall–Kier alpha value is -2.24. The first-order valence-corrected chi connectivity index (χ1v) is 10.4. The molecular weight excluding hydrogens is 352 g/mol. The molecule has 1 aliphatic carbocycles. The third-order valence-electron chi connectivity index (χ3n) is 5.39. The quantitative estimate of drug-likeness (QED) is 0.489. The van der Waals surface area contributed by atoms with Crippen LogP contribution < -0.4 is 20.7 Å². The Morgan fingerprint density at radius 3 is 2.54 bits per heavy atom. The van der Waals surface area contributed by atoms with Gasteiger partial charge in [-0.3, -0.25) is 4.79 Å². The van der Waals surface area contributed by atoms with Crippen molar-refractivity contribution in [2.75, 3.05) is 19.0 Å². The van der Waals surface area contributed by atoms with Gasteiger partial charge in [-0.15, -0.1) is 0 Å². The zero-order chi connectivity index (χ0) is 20.5. The first-order chi connectivity index (χ1) is 13.4. The molecule has 2 rings (SSSR count). The highest BCUT2D eigenvalue weighted by Gasteiger charge is 2.23. The van der Waals surface area contributed by atoms with Gasteiger partial charge in [0.25, 0.3) is 0 Å². The van der Waals surface area contributed by atoms with Gasteiger partial charge in [0.2, 0.25) is 5.91 Å². The second-order valence-electron chi connectivity index (χ2n) is 7.91. The first kappa shape index (κ1) is 22.1. The molecule has 0 heterocycles. The van der Waals surface area contributed by atoms with E-state index in [-0.39, 0.29) is 5.91 Å². The minimum atomic E-state index is -0.119. The third-order valence-corrected chi connectivity index (χ3v) is 5.39. The molecule has 1 amide bonds. The highest BCUT2D eigenvalue weighted by atomic mass is 16.5. The van der Waals surface area contributed by atoms with E-state index < -0.39 is 0 Å². The molecule has 0 aromatic heterocycles. The number of carbonyl (C=O) groups excluding carboxylic acids is 1. The van der Waals surface area contributed by atoms with Crippen LogP contribution in [0.25, 0.3) is 0 Å². The largest absolute Gasteiger partial charge is 0.495 e. The second-order valence-corrected chi connectivity index (χ2v) is 7.91. The molecule has 156 valence electrons. The molecule has 0 saturated heterocycles. The lowest BCUT2D eigenvalue weighted by molar-refractivity contribution is -0.114. The van der Waals surface area contributed by atoms with Crippen molar-refractivity contribution in [1.82, 2.24) is 10.6 Å². The lowest BCUT2D eigenvalue weighted by atomic mass is 9.80. The summed E-state index contributed by atoms with van der Waals surface area (Å²) >= 11 is 0. The Labute approximate surface area is 169 Å². The Balaban J connectivity index is 2.01. The molecule has 0 spiro atoms. The van der Waals surface area contributed by atoms with Gasteiger partial charge in [-0.05, 0) is 62.1 Å². The first-order valence-electron chi connectivity index (χ1n) is 10.4. The summed E-state index contributed by atoms with van der Waals surface area (Å²) in [7, 11) is 1.60. The fourth-order valence-corrected chi connectivity index (χ4v) is 3.75. The van der Waals surface area contributed by atoms with Crippen LogP contribution in [0.2, 0.25) is 0 Å². The Kier molecular flexibility index (Phi) is 8.61. The van der Waals surface area contributed by atoms with E-state index in [1.807, 2.05) is 18.2 Å². The van der Waals surface area contributed by atoms with Crippen LogP contribution in [-0.2, 0) is 11.3 Å². The van der Waals surface area contributed by atoms with Crippen LogP contribution in [0.3, 0.4) is 0 Å². The maximum absolute atomic E-state index is 11.4. The van der Waals surface area contributed by atoms with Gasteiger partial charge in [0, 0.05) is 19.5 Å². The number of guanidine groups is 1. The Bertz CT molecular complexity index is 665.